The Hall–Kier alpha value is -4.72. The summed E-state index contributed by atoms with van der Waals surface area (Å²) in [6.07, 6.45) is 5.90. The average Bonchev–Trinajstić information content (AvgIpc) is 3.50. The SMILES string of the molecule is Cc1cc(N2CC(C(=O)Nc3ncc4[nH]cnc4n3)C2)nc2c1c(=O)c(C(=O)O)cn2-c1nccs1. The molecular weight excluding hydrogens is 486 g/mol. The lowest BCUT2D eigenvalue weighted by Crippen LogP contribution is -2.52. The van der Waals surface area contributed by atoms with Crippen LogP contribution < -0.4 is 15.6 Å². The molecule has 6 rings (SSSR count). The molecule has 6 heterocycles. The van der Waals surface area contributed by atoms with Crippen LogP contribution in [0.15, 0.2) is 41.2 Å². The van der Waals surface area contributed by atoms with Crippen LogP contribution in [0.2, 0.25) is 0 Å². The molecule has 5 aromatic rings. The molecule has 14 heteroatoms. The summed E-state index contributed by atoms with van der Waals surface area (Å²) in [4.78, 5) is 63.5. The number of carboxylic acid groups (broad SMARTS) is 1. The number of carbonyl (C=O) groups is 2. The fraction of sp³-hybridized carbons (Fsp3) is 0.182. The van der Waals surface area contributed by atoms with E-state index in [1.165, 1.54) is 28.4 Å². The van der Waals surface area contributed by atoms with Gasteiger partial charge in [-0.1, -0.05) is 0 Å². The molecule has 0 unspecified atom stereocenters. The number of aromatic carboxylic acids is 1. The standard InChI is InChI=1S/C22H17N9O4S/c1-10-4-14(27-18-15(10)16(32)12(20(34)35)8-31(18)22-23-2-3-36-22)30-6-11(7-30)19(33)29-21-24-5-13-17(28-21)26-9-25-13/h2-5,8-9,11H,6-7H2,1H3,(H,34,35)(H2,24,25,26,28,29,33). The summed E-state index contributed by atoms with van der Waals surface area (Å²) in [5.41, 5.74) is 1.07. The van der Waals surface area contributed by atoms with E-state index in [0.717, 1.165) is 0 Å². The van der Waals surface area contributed by atoms with Crippen molar-refractivity contribution in [2.24, 2.45) is 5.92 Å². The van der Waals surface area contributed by atoms with Gasteiger partial charge >= 0.3 is 5.97 Å². The van der Waals surface area contributed by atoms with Crippen LogP contribution >= 0.6 is 11.3 Å². The summed E-state index contributed by atoms with van der Waals surface area (Å²) < 4.78 is 1.52. The summed E-state index contributed by atoms with van der Waals surface area (Å²) in [5.74, 6) is -1.09. The highest BCUT2D eigenvalue weighted by atomic mass is 32.1. The van der Waals surface area contributed by atoms with Crippen LogP contribution in [0.25, 0.3) is 27.3 Å². The fourth-order valence-corrected chi connectivity index (χ4v) is 4.73. The number of thiazole rings is 1. The number of H-pyrrole nitrogens is 1. The van der Waals surface area contributed by atoms with Gasteiger partial charge in [-0.2, -0.15) is 4.98 Å². The molecule has 36 heavy (non-hydrogen) atoms. The second-order valence-electron chi connectivity index (χ2n) is 8.28. The van der Waals surface area contributed by atoms with Gasteiger partial charge in [-0.15, -0.1) is 11.3 Å². The molecule has 1 amide bonds. The fourth-order valence-electron chi connectivity index (χ4n) is 4.11. The van der Waals surface area contributed by atoms with Crippen molar-refractivity contribution in [2.75, 3.05) is 23.3 Å². The van der Waals surface area contributed by atoms with Crippen LogP contribution in [0, 0.1) is 12.8 Å². The predicted molar refractivity (Wildman–Crippen MR) is 131 cm³/mol. The smallest absolute Gasteiger partial charge is 0.341 e. The monoisotopic (exact) mass is 503 g/mol. The second kappa shape index (κ2) is 8.20. The van der Waals surface area contributed by atoms with E-state index in [4.69, 9.17) is 0 Å². The topological polar surface area (TPSA) is 172 Å². The molecule has 1 aliphatic heterocycles. The van der Waals surface area contributed by atoms with Crippen molar-refractivity contribution in [3.8, 4) is 5.13 Å². The maximum atomic E-state index is 12.9. The van der Waals surface area contributed by atoms with Gasteiger partial charge in [0.15, 0.2) is 16.4 Å². The van der Waals surface area contributed by atoms with Crippen LogP contribution in [-0.4, -0.2) is 64.5 Å². The molecule has 0 bridgehead atoms. The number of nitrogens with zero attached hydrogens (tertiary/aromatic N) is 7. The first-order valence-electron chi connectivity index (χ1n) is 10.8. The number of hydrogen-bond donors (Lipinski definition) is 3. The van der Waals surface area contributed by atoms with E-state index in [1.807, 2.05) is 4.90 Å². The first-order chi connectivity index (χ1) is 17.4. The van der Waals surface area contributed by atoms with Crippen molar-refractivity contribution in [1.29, 1.82) is 0 Å². The Labute approximate surface area is 205 Å². The minimum atomic E-state index is -1.32. The number of hydrogen-bond acceptors (Lipinski definition) is 10. The summed E-state index contributed by atoms with van der Waals surface area (Å²) in [5, 5.41) is 14.7. The summed E-state index contributed by atoms with van der Waals surface area (Å²) in [7, 11) is 0. The third-order valence-corrected chi connectivity index (χ3v) is 6.76. The maximum absolute atomic E-state index is 12.9. The van der Waals surface area contributed by atoms with Crippen molar-refractivity contribution < 1.29 is 14.7 Å². The summed E-state index contributed by atoms with van der Waals surface area (Å²) in [6, 6.07) is 1.73. The first kappa shape index (κ1) is 21.8. The highest BCUT2D eigenvalue weighted by molar-refractivity contribution is 7.12. The molecule has 180 valence electrons. The number of anilines is 2. The summed E-state index contributed by atoms with van der Waals surface area (Å²) in [6.45, 7) is 2.55. The predicted octanol–water partition coefficient (Wildman–Crippen LogP) is 1.59. The van der Waals surface area contributed by atoms with Crippen LogP contribution in [0.1, 0.15) is 15.9 Å². The number of rotatable bonds is 5. The van der Waals surface area contributed by atoms with E-state index in [0.29, 0.717) is 46.4 Å². The second-order valence-corrected chi connectivity index (χ2v) is 9.16. The number of carbonyl (C=O) groups excluding carboxylic acids is 1. The molecule has 13 nitrogen and oxygen atoms in total. The Bertz CT molecular complexity index is 1720. The zero-order valence-corrected chi connectivity index (χ0v) is 19.5. The van der Waals surface area contributed by atoms with E-state index < -0.39 is 11.4 Å². The van der Waals surface area contributed by atoms with Gasteiger partial charge in [0, 0.05) is 30.9 Å². The summed E-state index contributed by atoms with van der Waals surface area (Å²) >= 11 is 1.30. The highest BCUT2D eigenvalue weighted by Crippen LogP contribution is 2.29. The highest BCUT2D eigenvalue weighted by Gasteiger charge is 2.34. The number of fused-ring (bicyclic) bond motifs is 2. The number of aryl methyl sites for hydroxylation is 1. The lowest BCUT2D eigenvalue weighted by atomic mass is 9.98. The van der Waals surface area contributed by atoms with Gasteiger partial charge in [0.2, 0.25) is 17.3 Å². The minimum absolute atomic E-state index is 0.180. The molecular formula is C22H17N9O4S. The molecule has 0 spiro atoms. The van der Waals surface area contributed by atoms with E-state index >= 15 is 0 Å². The lowest BCUT2D eigenvalue weighted by Gasteiger charge is -2.39. The molecule has 0 atom stereocenters. The van der Waals surface area contributed by atoms with E-state index in [2.05, 4.69) is 35.2 Å². The number of amides is 1. The van der Waals surface area contributed by atoms with Crippen LogP contribution in [0.3, 0.4) is 0 Å². The zero-order chi connectivity index (χ0) is 25.0. The Kier molecular flexibility index (Phi) is 4.96. The minimum Gasteiger partial charge on any atom is -0.477 e. The zero-order valence-electron chi connectivity index (χ0n) is 18.7. The average molecular weight is 504 g/mol. The molecule has 1 aliphatic rings. The number of imidazole rings is 1. The van der Waals surface area contributed by atoms with E-state index in [1.54, 1.807) is 30.8 Å². The molecule has 0 radical (unpaired) electrons. The normalized spacial score (nSPS) is 13.8. The third-order valence-electron chi connectivity index (χ3n) is 5.98. The molecule has 1 fully saturated rings. The van der Waals surface area contributed by atoms with Gasteiger partial charge in [-0.05, 0) is 18.6 Å². The molecule has 0 saturated carbocycles. The number of carboxylic acids is 1. The Balaban J connectivity index is 1.28. The van der Waals surface area contributed by atoms with Gasteiger partial charge in [-0.25, -0.2) is 24.7 Å². The quantitative estimate of drug-likeness (QED) is 0.320. The Morgan fingerprint density at radius 3 is 2.81 bits per heavy atom. The molecule has 3 N–H and O–H groups in total. The maximum Gasteiger partial charge on any atom is 0.341 e. The first-order valence-corrected chi connectivity index (χ1v) is 11.7. The van der Waals surface area contributed by atoms with Gasteiger partial charge in [0.05, 0.1) is 23.8 Å². The number of aromatic nitrogens is 7. The van der Waals surface area contributed by atoms with Gasteiger partial charge in [0.25, 0.3) is 0 Å². The number of pyridine rings is 2. The molecule has 5 aromatic heterocycles. The third kappa shape index (κ3) is 3.54. The van der Waals surface area contributed by atoms with Crippen molar-refractivity contribution in [2.45, 2.75) is 6.92 Å². The number of aromatic amines is 1. The van der Waals surface area contributed by atoms with Crippen molar-refractivity contribution in [3.05, 3.63) is 57.7 Å². The van der Waals surface area contributed by atoms with E-state index in [-0.39, 0.29) is 28.7 Å². The van der Waals surface area contributed by atoms with Crippen LogP contribution in [-0.2, 0) is 4.79 Å². The van der Waals surface area contributed by atoms with Crippen LogP contribution in [0.5, 0.6) is 0 Å². The molecule has 0 aliphatic carbocycles. The van der Waals surface area contributed by atoms with E-state index in [9.17, 15) is 19.5 Å². The Morgan fingerprint density at radius 2 is 2.06 bits per heavy atom. The van der Waals surface area contributed by atoms with Gasteiger partial charge in [0.1, 0.15) is 16.9 Å². The van der Waals surface area contributed by atoms with Gasteiger partial charge in [-0.3, -0.25) is 19.5 Å². The van der Waals surface area contributed by atoms with Crippen molar-refractivity contribution in [1.82, 2.24) is 34.5 Å². The number of nitrogens with one attached hydrogen (secondary N) is 2. The largest absolute Gasteiger partial charge is 0.477 e. The van der Waals surface area contributed by atoms with Crippen LogP contribution in [0.4, 0.5) is 11.8 Å². The van der Waals surface area contributed by atoms with Crippen molar-refractivity contribution in [3.63, 3.8) is 0 Å². The Morgan fingerprint density at radius 1 is 1.22 bits per heavy atom. The lowest BCUT2D eigenvalue weighted by molar-refractivity contribution is -0.120. The van der Waals surface area contributed by atoms with Gasteiger partial charge < -0.3 is 15.0 Å². The molecule has 1 saturated heterocycles. The molecule has 0 aromatic carbocycles. The van der Waals surface area contributed by atoms with Crippen molar-refractivity contribution >= 4 is 57.2 Å².